The van der Waals surface area contributed by atoms with Crippen LogP contribution in [0.4, 0.5) is 5.69 Å². The molecule has 0 aliphatic heterocycles. The van der Waals surface area contributed by atoms with Crippen molar-refractivity contribution in [2.24, 2.45) is 0 Å². The molecule has 5 nitrogen and oxygen atoms in total. The normalized spacial score (nSPS) is 10.0. The molecule has 1 amide bonds. The summed E-state index contributed by atoms with van der Waals surface area (Å²) in [6.07, 6.45) is -0.0934. The Morgan fingerprint density at radius 3 is 2.44 bits per heavy atom. The van der Waals surface area contributed by atoms with Crippen LogP contribution in [-0.2, 0) is 20.7 Å². The first-order chi connectivity index (χ1) is 11.9. The Balaban J connectivity index is 1.90. The second-order valence-electron chi connectivity index (χ2n) is 4.92. The molecule has 2 rings (SSSR count). The topological polar surface area (TPSA) is 79.2 Å². The summed E-state index contributed by atoms with van der Waals surface area (Å²) in [4.78, 5) is 23.7. The summed E-state index contributed by atoms with van der Waals surface area (Å²) in [5, 5.41) is 12.6. The summed E-state index contributed by atoms with van der Waals surface area (Å²) >= 11 is 17.6. The average molecular weight is 398 g/mol. The van der Waals surface area contributed by atoms with Crippen molar-refractivity contribution in [1.82, 2.24) is 0 Å². The van der Waals surface area contributed by atoms with Crippen LogP contribution in [0.25, 0.3) is 0 Å². The fraction of sp³-hybridized carbons (Fsp3) is 0.118. The summed E-state index contributed by atoms with van der Waals surface area (Å²) in [5.74, 6) is -1.21. The number of halogens is 3. The molecule has 0 unspecified atom stereocenters. The van der Waals surface area contributed by atoms with Crippen molar-refractivity contribution in [3.05, 3.63) is 62.6 Å². The summed E-state index contributed by atoms with van der Waals surface area (Å²) in [7, 11) is 0. The van der Waals surface area contributed by atoms with Crippen molar-refractivity contribution in [1.29, 1.82) is 5.26 Å². The predicted octanol–water partition coefficient (Wildman–Crippen LogP) is 4.24. The van der Waals surface area contributed by atoms with Gasteiger partial charge < -0.3 is 10.1 Å². The van der Waals surface area contributed by atoms with Crippen molar-refractivity contribution in [3.8, 4) is 6.07 Å². The maximum absolute atomic E-state index is 11.9. The summed E-state index contributed by atoms with van der Waals surface area (Å²) in [5.41, 5.74) is 1.03. The van der Waals surface area contributed by atoms with Gasteiger partial charge in [0, 0.05) is 15.1 Å². The molecule has 0 aliphatic rings. The second-order valence-corrected chi connectivity index (χ2v) is 6.20. The lowest BCUT2D eigenvalue weighted by Crippen LogP contribution is -2.22. The van der Waals surface area contributed by atoms with Crippen LogP contribution in [0.2, 0.25) is 15.1 Å². The maximum Gasteiger partial charge on any atom is 0.310 e. The molecule has 0 atom stereocenters. The number of nitrogens with zero attached hydrogens (tertiary/aromatic N) is 1. The van der Waals surface area contributed by atoms with Crippen LogP contribution in [-0.4, -0.2) is 18.5 Å². The Labute approximate surface area is 159 Å². The van der Waals surface area contributed by atoms with E-state index in [2.05, 4.69) is 5.32 Å². The number of anilines is 1. The summed E-state index contributed by atoms with van der Waals surface area (Å²) < 4.78 is 4.91. The maximum atomic E-state index is 11.9. The van der Waals surface area contributed by atoms with Crippen molar-refractivity contribution >= 4 is 52.4 Å². The molecular weight excluding hydrogens is 387 g/mol. The van der Waals surface area contributed by atoms with Crippen LogP contribution >= 0.6 is 34.8 Å². The minimum absolute atomic E-state index is 0.0934. The van der Waals surface area contributed by atoms with Gasteiger partial charge in [0.15, 0.2) is 6.61 Å². The third kappa shape index (κ3) is 5.64. The predicted molar refractivity (Wildman–Crippen MR) is 95.9 cm³/mol. The highest BCUT2D eigenvalue weighted by Crippen LogP contribution is 2.22. The number of hydrogen-bond acceptors (Lipinski definition) is 4. The van der Waals surface area contributed by atoms with E-state index < -0.39 is 18.5 Å². The number of esters is 1. The minimum atomic E-state index is -0.619. The van der Waals surface area contributed by atoms with E-state index in [9.17, 15) is 9.59 Å². The van der Waals surface area contributed by atoms with Crippen molar-refractivity contribution in [3.63, 3.8) is 0 Å². The Hall–Kier alpha value is -2.26. The van der Waals surface area contributed by atoms with E-state index in [1.54, 1.807) is 12.1 Å². The van der Waals surface area contributed by atoms with Gasteiger partial charge in [-0.3, -0.25) is 9.59 Å². The highest BCUT2D eigenvalue weighted by molar-refractivity contribution is 6.35. The fourth-order valence-corrected chi connectivity index (χ4v) is 2.57. The number of carbonyl (C=O) groups is 2. The van der Waals surface area contributed by atoms with Crippen LogP contribution in [0.3, 0.4) is 0 Å². The number of amides is 1. The standard InChI is InChI=1S/C17H11Cl3N2O3/c18-12-3-1-10(14(20)6-12)5-17(24)25-9-16(23)22-15-7-13(19)4-2-11(15)8-21/h1-4,6-7H,5,9H2,(H,22,23). The second kappa shape index (κ2) is 8.72. The SMILES string of the molecule is N#Cc1ccc(Cl)cc1NC(=O)COC(=O)Cc1ccc(Cl)cc1Cl. The molecule has 0 heterocycles. The van der Waals surface area contributed by atoms with Crippen LogP contribution in [0.15, 0.2) is 36.4 Å². The Kier molecular flexibility index (Phi) is 6.65. The molecule has 0 spiro atoms. The Morgan fingerprint density at radius 2 is 1.76 bits per heavy atom. The largest absolute Gasteiger partial charge is 0.455 e. The van der Waals surface area contributed by atoms with Gasteiger partial charge >= 0.3 is 5.97 Å². The van der Waals surface area contributed by atoms with E-state index in [1.165, 1.54) is 24.3 Å². The van der Waals surface area contributed by atoms with E-state index in [0.29, 0.717) is 20.6 Å². The quantitative estimate of drug-likeness (QED) is 0.765. The molecule has 2 aromatic rings. The molecule has 0 saturated carbocycles. The van der Waals surface area contributed by atoms with Crippen molar-refractivity contribution < 1.29 is 14.3 Å². The molecule has 2 aromatic carbocycles. The first-order valence-electron chi connectivity index (χ1n) is 6.98. The average Bonchev–Trinajstić information content (AvgIpc) is 2.56. The minimum Gasteiger partial charge on any atom is -0.455 e. The smallest absolute Gasteiger partial charge is 0.310 e. The lowest BCUT2D eigenvalue weighted by molar-refractivity contribution is -0.146. The van der Waals surface area contributed by atoms with Crippen LogP contribution in [0.1, 0.15) is 11.1 Å². The first kappa shape index (κ1) is 19.1. The number of benzene rings is 2. The fourth-order valence-electron chi connectivity index (χ4n) is 1.92. The number of nitriles is 1. The lowest BCUT2D eigenvalue weighted by atomic mass is 10.1. The highest BCUT2D eigenvalue weighted by atomic mass is 35.5. The molecule has 0 bridgehead atoms. The molecule has 25 heavy (non-hydrogen) atoms. The van der Waals surface area contributed by atoms with Crippen LogP contribution in [0, 0.1) is 11.3 Å². The zero-order valence-corrected chi connectivity index (χ0v) is 15.0. The molecular formula is C17H11Cl3N2O3. The van der Waals surface area contributed by atoms with Crippen molar-refractivity contribution in [2.45, 2.75) is 6.42 Å². The molecule has 0 radical (unpaired) electrons. The first-order valence-corrected chi connectivity index (χ1v) is 8.11. The Morgan fingerprint density at radius 1 is 1.08 bits per heavy atom. The van der Waals surface area contributed by atoms with Crippen LogP contribution < -0.4 is 5.32 Å². The van der Waals surface area contributed by atoms with E-state index in [1.807, 2.05) is 6.07 Å². The number of ether oxygens (including phenoxy) is 1. The van der Waals surface area contributed by atoms with E-state index in [0.717, 1.165) is 0 Å². The zero-order valence-electron chi connectivity index (χ0n) is 12.7. The van der Waals surface area contributed by atoms with Crippen molar-refractivity contribution in [2.75, 3.05) is 11.9 Å². The molecule has 128 valence electrons. The summed E-state index contributed by atoms with van der Waals surface area (Å²) in [6, 6.07) is 11.1. The monoisotopic (exact) mass is 396 g/mol. The molecule has 0 aromatic heterocycles. The van der Waals surface area contributed by atoms with Gasteiger partial charge in [0.25, 0.3) is 5.91 Å². The Bertz CT molecular complexity index is 863. The van der Waals surface area contributed by atoms with Gasteiger partial charge in [0.1, 0.15) is 6.07 Å². The number of carbonyl (C=O) groups excluding carboxylic acids is 2. The zero-order chi connectivity index (χ0) is 18.4. The third-order valence-electron chi connectivity index (χ3n) is 3.09. The number of rotatable bonds is 5. The lowest BCUT2D eigenvalue weighted by Gasteiger charge is -2.09. The van der Waals surface area contributed by atoms with Gasteiger partial charge in [0.05, 0.1) is 17.7 Å². The molecule has 8 heteroatoms. The van der Waals surface area contributed by atoms with Gasteiger partial charge in [-0.05, 0) is 35.9 Å². The summed E-state index contributed by atoms with van der Waals surface area (Å²) in [6.45, 7) is -0.499. The van der Waals surface area contributed by atoms with E-state index in [-0.39, 0.29) is 17.7 Å². The number of nitrogens with one attached hydrogen (secondary N) is 1. The van der Waals surface area contributed by atoms with Gasteiger partial charge in [-0.25, -0.2) is 0 Å². The van der Waals surface area contributed by atoms with E-state index >= 15 is 0 Å². The van der Waals surface area contributed by atoms with Gasteiger partial charge in [-0.1, -0.05) is 40.9 Å². The molecule has 1 N–H and O–H groups in total. The van der Waals surface area contributed by atoms with Gasteiger partial charge in [-0.2, -0.15) is 5.26 Å². The third-order valence-corrected chi connectivity index (χ3v) is 3.91. The van der Waals surface area contributed by atoms with E-state index in [4.69, 9.17) is 44.8 Å². The van der Waals surface area contributed by atoms with Gasteiger partial charge in [-0.15, -0.1) is 0 Å². The van der Waals surface area contributed by atoms with Gasteiger partial charge in [0.2, 0.25) is 0 Å². The molecule has 0 aliphatic carbocycles. The molecule has 0 saturated heterocycles. The highest BCUT2D eigenvalue weighted by Gasteiger charge is 2.13. The van der Waals surface area contributed by atoms with Crippen LogP contribution in [0.5, 0.6) is 0 Å². The number of hydrogen-bond donors (Lipinski definition) is 1. The molecule has 0 fully saturated rings.